The van der Waals surface area contributed by atoms with Crippen molar-refractivity contribution >= 4 is 17.8 Å². The zero-order chi connectivity index (χ0) is 32.6. The SMILES string of the molecule is C=C1[C@@H](OC(=O)/C=C/c2ccccc2)CC[C@@]2(C)[C@H]3OC(C)(C)O[C@@H]3C3=C(C)C(=O)C[C@]4(OC(c5ccccc5)O[C@H]4[C@H]12)C3(C)C. The first-order chi connectivity index (χ1) is 21.8. The average molecular weight is 625 g/mol. The summed E-state index contributed by atoms with van der Waals surface area (Å²) in [5.41, 5.74) is 1.94. The van der Waals surface area contributed by atoms with Gasteiger partial charge in [-0.05, 0) is 62.0 Å². The molecular formula is C39H44O7. The fourth-order valence-electron chi connectivity index (χ4n) is 9.05. The highest BCUT2D eigenvalue weighted by Crippen LogP contribution is 2.67. The number of ketones is 1. The minimum Gasteiger partial charge on any atom is -0.455 e. The molecule has 1 spiro atoms. The molecule has 0 N–H and O–H groups in total. The van der Waals surface area contributed by atoms with Gasteiger partial charge in [-0.1, -0.05) is 88.0 Å². The third-order valence-electron chi connectivity index (χ3n) is 11.4. The van der Waals surface area contributed by atoms with Crippen LogP contribution in [0.4, 0.5) is 0 Å². The zero-order valence-corrected chi connectivity index (χ0v) is 27.6. The lowest BCUT2D eigenvalue weighted by Gasteiger charge is -2.60. The molecule has 2 saturated carbocycles. The van der Waals surface area contributed by atoms with Crippen LogP contribution in [0.3, 0.4) is 0 Å². The van der Waals surface area contributed by atoms with E-state index in [2.05, 4.69) is 27.4 Å². The van der Waals surface area contributed by atoms with Gasteiger partial charge in [-0.2, -0.15) is 0 Å². The molecule has 7 heteroatoms. The van der Waals surface area contributed by atoms with E-state index in [-0.39, 0.29) is 18.1 Å². The summed E-state index contributed by atoms with van der Waals surface area (Å²) in [6.45, 7) is 16.9. The van der Waals surface area contributed by atoms with Crippen LogP contribution in [0.5, 0.6) is 0 Å². The van der Waals surface area contributed by atoms with Crippen molar-refractivity contribution in [2.75, 3.05) is 0 Å². The third-order valence-corrected chi connectivity index (χ3v) is 11.4. The summed E-state index contributed by atoms with van der Waals surface area (Å²) in [5, 5.41) is 0. The monoisotopic (exact) mass is 624 g/mol. The van der Waals surface area contributed by atoms with Crippen molar-refractivity contribution < 1.29 is 33.3 Å². The summed E-state index contributed by atoms with van der Waals surface area (Å²) in [7, 11) is 0. The number of hydrogen-bond donors (Lipinski definition) is 0. The standard InChI is InChI=1S/C39H44O7/c1-23-27(40)22-39-33(43-35(46-39)26-16-12-9-13-17-26)31-24(2)28(42-29(41)19-18-25-14-10-8-11-15-25)20-21-38(31,7)34-32(30(23)36(39,3)4)44-37(5,6)45-34/h8-19,28,31-35H,2,20-22H2,1,3-7H3/b19-18+/t28-,31-,32+,33-,34-,35?,38+,39+/m0/s1. The highest BCUT2D eigenvalue weighted by atomic mass is 16.8. The van der Waals surface area contributed by atoms with Gasteiger partial charge in [-0.15, -0.1) is 0 Å². The van der Waals surface area contributed by atoms with Crippen LogP contribution >= 0.6 is 0 Å². The second kappa shape index (κ2) is 10.8. The molecule has 5 aliphatic rings. The van der Waals surface area contributed by atoms with E-state index in [0.29, 0.717) is 18.4 Å². The van der Waals surface area contributed by atoms with Crippen molar-refractivity contribution in [2.24, 2.45) is 16.7 Å². The van der Waals surface area contributed by atoms with Crippen LogP contribution in [0.2, 0.25) is 0 Å². The Kier molecular flexibility index (Phi) is 7.37. The molecule has 1 unspecified atom stereocenters. The highest BCUT2D eigenvalue weighted by Gasteiger charge is 2.73. The van der Waals surface area contributed by atoms with E-state index in [1.165, 1.54) is 6.08 Å². The van der Waals surface area contributed by atoms with Crippen LogP contribution in [-0.2, 0) is 33.3 Å². The Morgan fingerprint density at radius 3 is 2.30 bits per heavy atom. The molecule has 0 aromatic heterocycles. The van der Waals surface area contributed by atoms with Crippen molar-refractivity contribution in [3.8, 4) is 0 Å². The maximum atomic E-state index is 14.0. The lowest BCUT2D eigenvalue weighted by atomic mass is 9.48. The van der Waals surface area contributed by atoms with E-state index in [1.54, 1.807) is 6.08 Å². The lowest BCUT2D eigenvalue weighted by Crippen LogP contribution is -2.68. The van der Waals surface area contributed by atoms with Gasteiger partial charge in [0.1, 0.15) is 17.8 Å². The van der Waals surface area contributed by atoms with Crippen molar-refractivity contribution in [3.05, 3.63) is 101 Å². The predicted molar refractivity (Wildman–Crippen MR) is 173 cm³/mol. The van der Waals surface area contributed by atoms with E-state index in [1.807, 2.05) is 81.4 Å². The molecule has 2 saturated heterocycles. The van der Waals surface area contributed by atoms with Gasteiger partial charge in [0.25, 0.3) is 0 Å². The topological polar surface area (TPSA) is 80.3 Å². The predicted octanol–water partition coefficient (Wildman–Crippen LogP) is 7.29. The minimum atomic E-state index is -1.03. The number of allylic oxidation sites excluding steroid dienone is 1. The molecule has 7 rings (SSSR count). The van der Waals surface area contributed by atoms with Crippen LogP contribution in [0.1, 0.15) is 78.2 Å². The summed E-state index contributed by atoms with van der Waals surface area (Å²) < 4.78 is 33.8. The van der Waals surface area contributed by atoms with Gasteiger partial charge < -0.3 is 23.7 Å². The molecule has 46 heavy (non-hydrogen) atoms. The summed E-state index contributed by atoms with van der Waals surface area (Å²) in [6.07, 6.45) is 1.94. The Bertz CT molecular complexity index is 1620. The number of rotatable bonds is 4. The smallest absolute Gasteiger partial charge is 0.331 e. The van der Waals surface area contributed by atoms with Crippen molar-refractivity contribution in [2.45, 2.75) is 103 Å². The molecule has 2 aromatic carbocycles. The Morgan fingerprint density at radius 2 is 1.61 bits per heavy atom. The second-order valence-corrected chi connectivity index (χ2v) is 14.8. The average Bonchev–Trinajstić information content (AvgIpc) is 3.55. The Morgan fingerprint density at radius 1 is 0.935 bits per heavy atom. The zero-order valence-electron chi connectivity index (χ0n) is 27.6. The summed E-state index contributed by atoms with van der Waals surface area (Å²) in [5.74, 6) is -1.66. The van der Waals surface area contributed by atoms with Gasteiger partial charge >= 0.3 is 5.97 Å². The highest BCUT2D eigenvalue weighted by molar-refractivity contribution is 5.98. The Balaban J connectivity index is 1.34. The third kappa shape index (κ3) is 4.69. The van der Waals surface area contributed by atoms with Gasteiger partial charge in [0.05, 0.1) is 12.2 Å². The number of hydrogen-bond acceptors (Lipinski definition) is 7. The van der Waals surface area contributed by atoms with Gasteiger partial charge in [-0.25, -0.2) is 4.79 Å². The molecule has 2 bridgehead atoms. The fraction of sp³-hybridized carbons (Fsp3) is 0.487. The molecule has 2 aromatic rings. The molecule has 2 aliphatic heterocycles. The Hall–Kier alpha value is -3.36. The fourth-order valence-corrected chi connectivity index (χ4v) is 9.05. The number of ether oxygens (including phenoxy) is 5. The molecule has 8 atom stereocenters. The first kappa shape index (κ1) is 31.3. The number of carbonyl (C=O) groups excluding carboxylic acids is 2. The van der Waals surface area contributed by atoms with Crippen LogP contribution in [0, 0.1) is 16.7 Å². The van der Waals surface area contributed by atoms with E-state index < -0.39 is 58.9 Å². The van der Waals surface area contributed by atoms with E-state index >= 15 is 0 Å². The van der Waals surface area contributed by atoms with E-state index in [0.717, 1.165) is 22.3 Å². The number of benzene rings is 2. The number of carbonyl (C=O) groups is 2. The molecule has 242 valence electrons. The van der Waals surface area contributed by atoms with Gasteiger partial charge in [0.2, 0.25) is 0 Å². The summed E-state index contributed by atoms with van der Waals surface area (Å²) in [6, 6.07) is 19.5. The molecule has 0 radical (unpaired) electrons. The largest absolute Gasteiger partial charge is 0.455 e. The summed E-state index contributed by atoms with van der Waals surface area (Å²) in [4.78, 5) is 27.2. The molecule has 4 fully saturated rings. The van der Waals surface area contributed by atoms with Crippen molar-refractivity contribution in [1.82, 2.24) is 0 Å². The Labute approximate surface area is 271 Å². The van der Waals surface area contributed by atoms with Gasteiger partial charge in [-0.3, -0.25) is 4.79 Å². The van der Waals surface area contributed by atoms with Crippen LogP contribution in [-0.4, -0.2) is 47.6 Å². The number of Topliss-reactive ketones (excluding diaryl/α,β-unsaturated/α-hetero) is 1. The van der Waals surface area contributed by atoms with Gasteiger partial charge in [0, 0.05) is 34.8 Å². The quantitative estimate of drug-likeness (QED) is 0.201. The molecule has 7 nitrogen and oxygen atoms in total. The molecular weight excluding hydrogens is 580 g/mol. The maximum Gasteiger partial charge on any atom is 0.331 e. The van der Waals surface area contributed by atoms with E-state index in [9.17, 15) is 9.59 Å². The molecule has 2 heterocycles. The van der Waals surface area contributed by atoms with Crippen LogP contribution in [0.15, 0.2) is 90.0 Å². The normalized spacial score (nSPS) is 37.7. The minimum absolute atomic E-state index is 0.0164. The first-order valence-corrected chi connectivity index (χ1v) is 16.4. The maximum absolute atomic E-state index is 14.0. The number of esters is 1. The number of fused-ring (bicyclic) bond motifs is 6. The summed E-state index contributed by atoms with van der Waals surface area (Å²) >= 11 is 0. The van der Waals surface area contributed by atoms with Crippen molar-refractivity contribution in [1.29, 1.82) is 0 Å². The van der Waals surface area contributed by atoms with Gasteiger partial charge in [0.15, 0.2) is 17.9 Å². The first-order valence-electron chi connectivity index (χ1n) is 16.4. The lowest BCUT2D eigenvalue weighted by molar-refractivity contribution is -0.177. The molecule has 0 amide bonds. The van der Waals surface area contributed by atoms with Crippen molar-refractivity contribution in [3.63, 3.8) is 0 Å². The van der Waals surface area contributed by atoms with Crippen LogP contribution in [0.25, 0.3) is 6.08 Å². The van der Waals surface area contributed by atoms with Crippen LogP contribution < -0.4 is 0 Å². The second-order valence-electron chi connectivity index (χ2n) is 14.8. The molecule has 3 aliphatic carbocycles. The van der Waals surface area contributed by atoms with E-state index in [4.69, 9.17) is 23.7 Å².